The van der Waals surface area contributed by atoms with E-state index >= 15 is 0 Å². The normalized spacial score (nSPS) is 21.5. The summed E-state index contributed by atoms with van der Waals surface area (Å²) in [6.45, 7) is 4.73. The third-order valence-corrected chi connectivity index (χ3v) is 7.12. The van der Waals surface area contributed by atoms with Crippen LogP contribution < -0.4 is 5.32 Å². The molecule has 0 bridgehead atoms. The van der Waals surface area contributed by atoms with E-state index in [-0.39, 0.29) is 25.1 Å². The summed E-state index contributed by atoms with van der Waals surface area (Å²) in [5.74, 6) is -2.00. The van der Waals surface area contributed by atoms with Gasteiger partial charge in [0.05, 0.1) is 12.0 Å². The first kappa shape index (κ1) is 29.5. The number of carbonyl (C=O) groups excluding carboxylic acids is 2. The lowest BCUT2D eigenvalue weighted by atomic mass is 9.76. The molecule has 206 valence electrons. The fourth-order valence-corrected chi connectivity index (χ4v) is 4.89. The molecule has 2 aliphatic rings. The summed E-state index contributed by atoms with van der Waals surface area (Å²) in [4.78, 5) is 29.2. The Morgan fingerprint density at radius 2 is 1.97 bits per heavy atom. The first-order valence-electron chi connectivity index (χ1n) is 12.9. The first-order chi connectivity index (χ1) is 18.0. The summed E-state index contributed by atoms with van der Waals surface area (Å²) >= 11 is 0. The molecule has 0 aromatic heterocycles. The average molecular weight is 532 g/mol. The Morgan fingerprint density at radius 3 is 2.58 bits per heavy atom. The van der Waals surface area contributed by atoms with E-state index < -0.39 is 48.6 Å². The van der Waals surface area contributed by atoms with Gasteiger partial charge in [0, 0.05) is 25.2 Å². The molecule has 2 heterocycles. The minimum atomic E-state index is -1.88. The number of amides is 2. The molecule has 3 rings (SSSR count). The lowest BCUT2D eigenvalue weighted by Crippen LogP contribution is -2.50. The van der Waals surface area contributed by atoms with Crippen LogP contribution in [0.4, 0.5) is 13.6 Å². The minimum Gasteiger partial charge on any atom is -0.447 e. The molecule has 0 spiro atoms. The number of likely N-dealkylation sites (tertiary alicyclic amines) is 2. The maximum absolute atomic E-state index is 13.7. The second-order valence-electron chi connectivity index (χ2n) is 10.4. The second-order valence-corrected chi connectivity index (χ2v) is 10.4. The van der Waals surface area contributed by atoms with Gasteiger partial charge in [-0.15, -0.1) is 0 Å². The van der Waals surface area contributed by atoms with E-state index in [2.05, 4.69) is 5.32 Å². The molecule has 1 aromatic carbocycles. The van der Waals surface area contributed by atoms with Gasteiger partial charge in [-0.05, 0) is 69.7 Å². The van der Waals surface area contributed by atoms with Gasteiger partial charge in [0.2, 0.25) is 0 Å². The molecule has 0 aliphatic carbocycles. The number of carbonyl (C=O) groups is 2. The molecule has 38 heavy (non-hydrogen) atoms. The minimum absolute atomic E-state index is 0.0351. The van der Waals surface area contributed by atoms with Crippen LogP contribution in [0, 0.1) is 17.1 Å². The Labute approximate surface area is 222 Å². The van der Waals surface area contributed by atoms with Crippen LogP contribution in [0.3, 0.4) is 0 Å². The molecule has 9 nitrogen and oxygen atoms in total. The number of alkyl carbamates (subject to hydrolysis) is 1. The number of alkyl halides is 1. The van der Waals surface area contributed by atoms with Gasteiger partial charge in [-0.1, -0.05) is 12.1 Å². The molecule has 0 saturated carbocycles. The van der Waals surface area contributed by atoms with Crippen LogP contribution in [-0.2, 0) is 16.0 Å². The smallest absolute Gasteiger partial charge is 0.447 e. The van der Waals surface area contributed by atoms with E-state index in [0.29, 0.717) is 31.5 Å². The molecule has 2 aliphatic heterocycles. The van der Waals surface area contributed by atoms with Gasteiger partial charge in [0.15, 0.2) is 0 Å². The van der Waals surface area contributed by atoms with E-state index in [0.717, 1.165) is 12.8 Å². The summed E-state index contributed by atoms with van der Waals surface area (Å²) in [7, 11) is -1.88. The van der Waals surface area contributed by atoms with Crippen LogP contribution in [0.15, 0.2) is 35.9 Å². The highest BCUT2D eigenvalue weighted by Gasteiger charge is 2.35. The lowest BCUT2D eigenvalue weighted by Gasteiger charge is -2.36. The number of hydrogen-bond acceptors (Lipinski definition) is 7. The largest absolute Gasteiger partial charge is 0.475 e. The van der Waals surface area contributed by atoms with Gasteiger partial charge in [0.1, 0.15) is 30.2 Å². The van der Waals surface area contributed by atoms with Crippen molar-refractivity contribution in [2.45, 2.75) is 69.6 Å². The monoisotopic (exact) mass is 532 g/mol. The summed E-state index contributed by atoms with van der Waals surface area (Å²) in [6.07, 6.45) is 2.32. The van der Waals surface area contributed by atoms with Gasteiger partial charge in [0.25, 0.3) is 5.91 Å². The molecule has 3 N–H and O–H groups in total. The molecule has 3 atom stereocenters. The Kier molecular flexibility index (Phi) is 10.2. The highest BCUT2D eigenvalue weighted by atomic mass is 19.1. The lowest BCUT2D eigenvalue weighted by molar-refractivity contribution is -0.131. The third-order valence-electron chi connectivity index (χ3n) is 7.12. The zero-order valence-electron chi connectivity index (χ0n) is 21.8. The van der Waals surface area contributed by atoms with Crippen LogP contribution in [-0.4, -0.2) is 88.9 Å². The SMILES string of the molecule is CC(C)(/C=C(\C#N)C(=O)N1CCCC[C@@H]1COC(=O)N[C@@H](Cc1ccc(F)cc1)B(O)O)N1CC[C@H](F)C1. The fraction of sp³-hybridized carbons (Fsp3) is 0.577. The van der Waals surface area contributed by atoms with Crippen molar-refractivity contribution < 1.29 is 33.2 Å². The predicted molar refractivity (Wildman–Crippen MR) is 137 cm³/mol. The van der Waals surface area contributed by atoms with Crippen LogP contribution in [0.1, 0.15) is 45.1 Å². The van der Waals surface area contributed by atoms with Crippen molar-refractivity contribution in [2.24, 2.45) is 0 Å². The summed E-state index contributed by atoms with van der Waals surface area (Å²) in [6, 6.07) is 6.95. The molecular formula is C26H35BF2N4O5. The van der Waals surface area contributed by atoms with E-state index in [1.165, 1.54) is 29.2 Å². The Morgan fingerprint density at radius 1 is 1.26 bits per heavy atom. The van der Waals surface area contributed by atoms with E-state index in [9.17, 15) is 33.7 Å². The molecule has 2 saturated heterocycles. The number of nitriles is 1. The van der Waals surface area contributed by atoms with E-state index in [1.807, 2.05) is 24.8 Å². The van der Waals surface area contributed by atoms with Gasteiger partial charge in [-0.25, -0.2) is 13.6 Å². The topological polar surface area (TPSA) is 126 Å². The summed E-state index contributed by atoms with van der Waals surface area (Å²) in [5, 5.41) is 31.5. The van der Waals surface area contributed by atoms with Crippen LogP contribution in [0.25, 0.3) is 0 Å². The second kappa shape index (κ2) is 13.2. The van der Waals surface area contributed by atoms with E-state index in [1.54, 1.807) is 6.08 Å². The van der Waals surface area contributed by atoms with Crippen molar-refractivity contribution >= 4 is 19.1 Å². The Balaban J connectivity index is 1.61. The van der Waals surface area contributed by atoms with Crippen molar-refractivity contribution in [3.8, 4) is 6.07 Å². The van der Waals surface area contributed by atoms with Crippen molar-refractivity contribution in [2.75, 3.05) is 26.2 Å². The molecule has 2 fully saturated rings. The number of ether oxygens (including phenoxy) is 1. The molecule has 1 aromatic rings. The maximum Gasteiger partial charge on any atom is 0.475 e. The van der Waals surface area contributed by atoms with Crippen molar-refractivity contribution in [1.82, 2.24) is 15.1 Å². The Bertz CT molecular complexity index is 1050. The number of hydrogen-bond donors (Lipinski definition) is 3. The fourth-order valence-electron chi connectivity index (χ4n) is 4.89. The highest BCUT2D eigenvalue weighted by molar-refractivity contribution is 6.43. The number of nitrogens with zero attached hydrogens (tertiary/aromatic N) is 3. The van der Waals surface area contributed by atoms with Crippen molar-refractivity contribution in [1.29, 1.82) is 5.26 Å². The molecular weight excluding hydrogens is 497 g/mol. The number of halogens is 2. The number of piperidine rings is 1. The number of rotatable bonds is 9. The maximum atomic E-state index is 13.7. The van der Waals surface area contributed by atoms with Crippen LogP contribution in [0.5, 0.6) is 0 Å². The Hall–Kier alpha value is -3.01. The van der Waals surface area contributed by atoms with Gasteiger partial charge >= 0.3 is 13.2 Å². The summed E-state index contributed by atoms with van der Waals surface area (Å²) < 4.78 is 32.2. The van der Waals surface area contributed by atoms with Gasteiger partial charge < -0.3 is 25.0 Å². The van der Waals surface area contributed by atoms with Gasteiger partial charge in [-0.2, -0.15) is 5.26 Å². The van der Waals surface area contributed by atoms with Crippen molar-refractivity contribution in [3.05, 3.63) is 47.3 Å². The molecule has 12 heteroatoms. The standard InChI is InChI=1S/C26H35BF2N4O5/c1-26(2,32-12-10-21(29)16-32)14-19(15-30)24(34)33-11-4-3-5-22(33)17-38-25(35)31-23(27(36)37)13-18-6-8-20(28)9-7-18/h6-9,14,21-23,36-37H,3-5,10-13,16-17H2,1-2H3,(H,31,35)/b19-14+/t21-,22+,23-/m0/s1. The first-order valence-corrected chi connectivity index (χ1v) is 12.9. The molecule has 0 unspecified atom stereocenters. The zero-order valence-corrected chi connectivity index (χ0v) is 21.8. The zero-order chi connectivity index (χ0) is 27.9. The predicted octanol–water partition coefficient (Wildman–Crippen LogP) is 2.13. The van der Waals surface area contributed by atoms with Crippen LogP contribution >= 0.6 is 0 Å². The van der Waals surface area contributed by atoms with E-state index in [4.69, 9.17) is 4.74 Å². The van der Waals surface area contributed by atoms with Crippen LogP contribution in [0.2, 0.25) is 0 Å². The summed E-state index contributed by atoms with van der Waals surface area (Å²) in [5.41, 5.74) is -0.145. The molecule has 0 radical (unpaired) electrons. The number of nitrogens with one attached hydrogen (secondary N) is 1. The molecule has 2 amide bonds. The number of benzene rings is 1. The third kappa shape index (κ3) is 8.00. The van der Waals surface area contributed by atoms with Gasteiger partial charge in [-0.3, -0.25) is 9.69 Å². The van der Waals surface area contributed by atoms with Crippen molar-refractivity contribution in [3.63, 3.8) is 0 Å². The highest BCUT2D eigenvalue weighted by Crippen LogP contribution is 2.27. The quantitative estimate of drug-likeness (QED) is 0.253. The average Bonchev–Trinajstić information content (AvgIpc) is 3.34.